The fourth-order valence-electron chi connectivity index (χ4n) is 3.92. The smallest absolute Gasteiger partial charge is 0.264 e. The molecule has 10 heteroatoms. The minimum Gasteiger partial charge on any atom is -0.349 e. The van der Waals surface area contributed by atoms with Crippen molar-refractivity contribution in [2.75, 3.05) is 4.72 Å². The Morgan fingerprint density at radius 3 is 2.50 bits per heavy atom. The maximum absolute atomic E-state index is 13.1. The molecule has 1 aliphatic rings. The summed E-state index contributed by atoms with van der Waals surface area (Å²) in [5.41, 5.74) is 3.48. The summed E-state index contributed by atoms with van der Waals surface area (Å²) in [5, 5.41) is 3.32. The summed E-state index contributed by atoms with van der Waals surface area (Å²) in [6.07, 6.45) is 1.46. The van der Waals surface area contributed by atoms with Gasteiger partial charge in [0.15, 0.2) is 0 Å². The van der Waals surface area contributed by atoms with Gasteiger partial charge in [0.2, 0.25) is 0 Å². The molecule has 0 radical (unpaired) electrons. The van der Waals surface area contributed by atoms with E-state index in [0.29, 0.717) is 10.5 Å². The van der Waals surface area contributed by atoms with Crippen molar-refractivity contribution in [1.29, 1.82) is 0 Å². The highest BCUT2D eigenvalue weighted by molar-refractivity contribution is 7.93. The van der Waals surface area contributed by atoms with Crippen LogP contribution in [0.5, 0.6) is 0 Å². The first-order valence-electron chi connectivity index (χ1n) is 9.82. The van der Waals surface area contributed by atoms with Gasteiger partial charge in [0.25, 0.3) is 15.9 Å². The Bertz CT molecular complexity index is 1430. The lowest BCUT2D eigenvalue weighted by Crippen LogP contribution is -2.35. The molecule has 3 aromatic carbocycles. The Balaban J connectivity index is 1.42. The second-order valence-corrected chi connectivity index (χ2v) is 10.1. The summed E-state index contributed by atoms with van der Waals surface area (Å²) in [7, 11) is -4.04. The fourth-order valence-corrected chi connectivity index (χ4v) is 5.93. The summed E-state index contributed by atoms with van der Waals surface area (Å²) >= 11 is 7.05. The number of carbonyl (C=O) groups excluding carboxylic acids is 1. The van der Waals surface area contributed by atoms with Crippen molar-refractivity contribution < 1.29 is 13.2 Å². The summed E-state index contributed by atoms with van der Waals surface area (Å²) < 4.78 is 37.0. The van der Waals surface area contributed by atoms with Crippen LogP contribution in [0, 0.1) is 0 Å². The van der Waals surface area contributed by atoms with Gasteiger partial charge >= 0.3 is 0 Å². The predicted octanol–water partition coefficient (Wildman–Crippen LogP) is 4.04. The molecule has 0 bridgehead atoms. The van der Waals surface area contributed by atoms with Crippen LogP contribution >= 0.6 is 23.3 Å². The third-order valence-corrected chi connectivity index (χ3v) is 7.57. The van der Waals surface area contributed by atoms with Crippen LogP contribution in [-0.2, 0) is 22.9 Å². The van der Waals surface area contributed by atoms with Gasteiger partial charge in [-0.15, -0.1) is 0 Å². The number of hydrogen-bond acceptors (Lipinski definition) is 6. The molecule has 1 heterocycles. The van der Waals surface area contributed by atoms with Gasteiger partial charge < -0.3 is 5.32 Å². The van der Waals surface area contributed by atoms with E-state index >= 15 is 0 Å². The van der Waals surface area contributed by atoms with E-state index in [1.165, 1.54) is 29.3 Å². The molecule has 1 aromatic heterocycles. The van der Waals surface area contributed by atoms with Gasteiger partial charge in [-0.25, -0.2) is 8.42 Å². The van der Waals surface area contributed by atoms with Crippen molar-refractivity contribution in [2.24, 2.45) is 0 Å². The van der Waals surface area contributed by atoms with Crippen LogP contribution in [-0.4, -0.2) is 29.1 Å². The zero-order valence-corrected chi connectivity index (χ0v) is 19.0. The van der Waals surface area contributed by atoms with Crippen molar-refractivity contribution in [3.63, 3.8) is 0 Å². The number of nitrogens with one attached hydrogen (secondary N) is 2. The quantitative estimate of drug-likeness (QED) is 0.445. The van der Waals surface area contributed by atoms with Gasteiger partial charge in [-0.1, -0.05) is 41.9 Å². The minimum atomic E-state index is -4.04. The molecule has 0 saturated heterocycles. The molecule has 162 valence electrons. The molecule has 0 saturated carbocycles. The average Bonchev–Trinajstić information content (AvgIpc) is 3.39. The first-order valence-corrected chi connectivity index (χ1v) is 12.4. The SMILES string of the molecule is O=C(NC1Cc2ccccc2C1)c1ccc(Cl)cc1NS(=O)(=O)c1cccc2nsnc12. The molecule has 5 rings (SSSR count). The molecule has 32 heavy (non-hydrogen) atoms. The summed E-state index contributed by atoms with van der Waals surface area (Å²) in [6, 6.07) is 17.2. The third kappa shape index (κ3) is 3.94. The molecule has 0 fully saturated rings. The zero-order valence-electron chi connectivity index (χ0n) is 16.6. The van der Waals surface area contributed by atoms with E-state index < -0.39 is 10.0 Å². The molecule has 0 unspecified atom stereocenters. The lowest BCUT2D eigenvalue weighted by molar-refractivity contribution is 0.0939. The van der Waals surface area contributed by atoms with Crippen LogP contribution in [0.15, 0.2) is 65.6 Å². The van der Waals surface area contributed by atoms with Crippen molar-refractivity contribution in [1.82, 2.24) is 14.1 Å². The number of nitrogens with zero attached hydrogens (tertiary/aromatic N) is 2. The maximum atomic E-state index is 13.1. The van der Waals surface area contributed by atoms with Gasteiger partial charge in [0, 0.05) is 11.1 Å². The second-order valence-electron chi connectivity index (χ2n) is 7.53. The average molecular weight is 485 g/mol. The topological polar surface area (TPSA) is 101 Å². The molecular weight excluding hydrogens is 468 g/mol. The number of rotatable bonds is 5. The van der Waals surface area contributed by atoms with Crippen LogP contribution in [0.1, 0.15) is 21.5 Å². The minimum absolute atomic E-state index is 0.0127. The number of sulfonamides is 1. The van der Waals surface area contributed by atoms with Gasteiger partial charge in [-0.2, -0.15) is 8.75 Å². The Kier molecular flexibility index (Phi) is 5.32. The largest absolute Gasteiger partial charge is 0.349 e. The van der Waals surface area contributed by atoms with E-state index in [4.69, 9.17) is 11.6 Å². The van der Waals surface area contributed by atoms with E-state index in [9.17, 15) is 13.2 Å². The number of benzene rings is 3. The molecular formula is C22H17ClN4O3S2. The highest BCUT2D eigenvalue weighted by atomic mass is 35.5. The summed E-state index contributed by atoms with van der Waals surface area (Å²) in [4.78, 5) is 13.1. The standard InChI is InChI=1S/C22H17ClN4O3S2/c23-15-8-9-17(22(28)24-16-10-13-4-1-2-5-14(13)11-16)19(12-15)27-32(29,30)20-7-3-6-18-21(20)26-31-25-18/h1-9,12,16,27H,10-11H2,(H,24,28). The Morgan fingerprint density at radius 1 is 1.00 bits per heavy atom. The normalized spacial score (nSPS) is 13.8. The Labute approximate surface area is 193 Å². The van der Waals surface area contributed by atoms with E-state index in [2.05, 4.69) is 30.9 Å². The monoisotopic (exact) mass is 484 g/mol. The van der Waals surface area contributed by atoms with Gasteiger partial charge in [-0.05, 0) is 54.3 Å². The van der Waals surface area contributed by atoms with Crippen molar-refractivity contribution in [2.45, 2.75) is 23.8 Å². The molecule has 0 aliphatic heterocycles. The number of anilines is 1. The van der Waals surface area contributed by atoms with Crippen molar-refractivity contribution in [3.8, 4) is 0 Å². The molecule has 1 amide bonds. The van der Waals surface area contributed by atoms with Crippen LogP contribution < -0.4 is 10.0 Å². The lowest BCUT2D eigenvalue weighted by Gasteiger charge is -2.16. The van der Waals surface area contributed by atoms with Crippen LogP contribution in [0.25, 0.3) is 11.0 Å². The lowest BCUT2D eigenvalue weighted by atomic mass is 10.1. The molecule has 4 aromatic rings. The molecule has 0 spiro atoms. The number of hydrogen-bond donors (Lipinski definition) is 2. The second kappa shape index (κ2) is 8.16. The number of halogens is 1. The molecule has 7 nitrogen and oxygen atoms in total. The van der Waals surface area contributed by atoms with Gasteiger partial charge in [-0.3, -0.25) is 9.52 Å². The van der Waals surface area contributed by atoms with Crippen LogP contribution in [0.4, 0.5) is 5.69 Å². The molecule has 1 aliphatic carbocycles. The molecule has 2 N–H and O–H groups in total. The number of aromatic nitrogens is 2. The first kappa shape index (κ1) is 20.9. The molecule has 0 atom stereocenters. The van der Waals surface area contributed by atoms with Crippen LogP contribution in [0.2, 0.25) is 5.02 Å². The van der Waals surface area contributed by atoms with E-state index in [1.54, 1.807) is 18.2 Å². The number of fused-ring (bicyclic) bond motifs is 2. The highest BCUT2D eigenvalue weighted by Gasteiger charge is 2.26. The Morgan fingerprint density at radius 2 is 1.75 bits per heavy atom. The van der Waals surface area contributed by atoms with E-state index in [1.807, 2.05) is 12.1 Å². The maximum Gasteiger partial charge on any atom is 0.264 e. The summed E-state index contributed by atoms with van der Waals surface area (Å²) in [6.45, 7) is 0. The fraction of sp³-hybridized carbons (Fsp3) is 0.136. The van der Waals surface area contributed by atoms with Gasteiger partial charge in [0.1, 0.15) is 15.9 Å². The Hall–Kier alpha value is -3.01. The van der Waals surface area contributed by atoms with Crippen molar-refractivity contribution in [3.05, 3.63) is 82.4 Å². The predicted molar refractivity (Wildman–Crippen MR) is 125 cm³/mol. The number of amides is 1. The van der Waals surface area contributed by atoms with E-state index in [0.717, 1.165) is 24.6 Å². The van der Waals surface area contributed by atoms with Crippen molar-refractivity contribution >= 4 is 56.0 Å². The van der Waals surface area contributed by atoms with Crippen LogP contribution in [0.3, 0.4) is 0 Å². The summed E-state index contributed by atoms with van der Waals surface area (Å²) in [5.74, 6) is -0.370. The van der Waals surface area contributed by atoms with E-state index in [-0.39, 0.29) is 33.6 Å². The zero-order chi connectivity index (χ0) is 22.3. The first-order chi connectivity index (χ1) is 15.4. The number of carbonyl (C=O) groups is 1. The highest BCUT2D eigenvalue weighted by Crippen LogP contribution is 2.28. The third-order valence-electron chi connectivity index (χ3n) is 5.40. The van der Waals surface area contributed by atoms with Gasteiger partial charge in [0.05, 0.1) is 23.0 Å².